The Bertz CT molecular complexity index is 418. The van der Waals surface area contributed by atoms with Crippen LogP contribution in [0.3, 0.4) is 0 Å². The molecule has 1 atom stereocenters. The highest BCUT2D eigenvalue weighted by Crippen LogP contribution is 2.18. The lowest BCUT2D eigenvalue weighted by atomic mass is 10.1. The number of esters is 1. The summed E-state index contributed by atoms with van der Waals surface area (Å²) in [5, 5.41) is 6.10. The Kier molecular flexibility index (Phi) is 5.34. The molecule has 1 rings (SSSR count). The number of methoxy groups -OCH3 is 1. The summed E-state index contributed by atoms with van der Waals surface area (Å²) in [5.41, 5.74) is 0.351. The van der Waals surface area contributed by atoms with Crippen LogP contribution >= 0.6 is 0 Å². The number of nitrogens with zero attached hydrogens (tertiary/aromatic N) is 2. The maximum atomic E-state index is 12.2. The molecule has 0 spiro atoms. The summed E-state index contributed by atoms with van der Waals surface area (Å²) >= 11 is 0. The average Bonchev–Trinajstić information content (AvgIpc) is 2.76. The summed E-state index contributed by atoms with van der Waals surface area (Å²) in [4.78, 5) is 11.5. The lowest BCUT2D eigenvalue weighted by Crippen LogP contribution is -2.36. The van der Waals surface area contributed by atoms with E-state index in [0.717, 1.165) is 13.5 Å². The number of alkyl halides is 3. The van der Waals surface area contributed by atoms with Gasteiger partial charge in [0.15, 0.2) is 0 Å². The molecular formula is C11H16F3N3O2. The van der Waals surface area contributed by atoms with E-state index >= 15 is 0 Å². The van der Waals surface area contributed by atoms with E-state index in [-0.39, 0.29) is 0 Å². The van der Waals surface area contributed by atoms with Gasteiger partial charge < -0.3 is 4.74 Å². The SMILES string of the molecule is CCCn1cc(C(NCC(F)(F)F)C(=O)OC)cn1. The quantitative estimate of drug-likeness (QED) is 0.805. The van der Waals surface area contributed by atoms with E-state index in [1.807, 2.05) is 6.92 Å². The third-order valence-corrected chi connectivity index (χ3v) is 2.38. The van der Waals surface area contributed by atoms with E-state index < -0.39 is 24.7 Å². The Morgan fingerprint density at radius 1 is 1.58 bits per heavy atom. The van der Waals surface area contributed by atoms with Crippen molar-refractivity contribution in [2.75, 3.05) is 13.7 Å². The second-order valence-corrected chi connectivity index (χ2v) is 3.99. The Labute approximate surface area is 108 Å². The zero-order valence-corrected chi connectivity index (χ0v) is 10.7. The molecular weight excluding hydrogens is 263 g/mol. The Balaban J connectivity index is 2.80. The molecule has 0 amide bonds. The summed E-state index contributed by atoms with van der Waals surface area (Å²) in [7, 11) is 1.13. The largest absolute Gasteiger partial charge is 0.468 e. The van der Waals surface area contributed by atoms with Gasteiger partial charge in [-0.2, -0.15) is 18.3 Å². The lowest BCUT2D eigenvalue weighted by Gasteiger charge is -2.16. The fourth-order valence-corrected chi connectivity index (χ4v) is 1.55. The predicted octanol–water partition coefficient (Wildman–Crippen LogP) is 1.66. The van der Waals surface area contributed by atoms with Gasteiger partial charge in [0.25, 0.3) is 0 Å². The van der Waals surface area contributed by atoms with Crippen molar-refractivity contribution in [3.8, 4) is 0 Å². The van der Waals surface area contributed by atoms with Gasteiger partial charge in [-0.1, -0.05) is 6.92 Å². The van der Waals surface area contributed by atoms with Crippen molar-refractivity contribution >= 4 is 5.97 Å². The molecule has 0 aliphatic carbocycles. The Morgan fingerprint density at radius 3 is 2.79 bits per heavy atom. The molecule has 5 nitrogen and oxygen atoms in total. The smallest absolute Gasteiger partial charge is 0.401 e. The van der Waals surface area contributed by atoms with Crippen molar-refractivity contribution in [1.29, 1.82) is 0 Å². The van der Waals surface area contributed by atoms with Crippen LogP contribution in [0.25, 0.3) is 0 Å². The van der Waals surface area contributed by atoms with Crippen LogP contribution in [0.5, 0.6) is 0 Å². The molecule has 8 heteroatoms. The van der Waals surface area contributed by atoms with Gasteiger partial charge in [0, 0.05) is 18.3 Å². The molecule has 1 aromatic rings. The van der Waals surface area contributed by atoms with E-state index in [4.69, 9.17) is 0 Å². The molecule has 0 fully saturated rings. The van der Waals surface area contributed by atoms with Gasteiger partial charge in [0.1, 0.15) is 6.04 Å². The van der Waals surface area contributed by atoms with Gasteiger partial charge in [-0.25, -0.2) is 4.79 Å². The van der Waals surface area contributed by atoms with Gasteiger partial charge in [-0.05, 0) is 6.42 Å². The van der Waals surface area contributed by atoms with Crippen molar-refractivity contribution < 1.29 is 22.7 Å². The van der Waals surface area contributed by atoms with Crippen LogP contribution in [0.1, 0.15) is 24.9 Å². The summed E-state index contributed by atoms with van der Waals surface area (Å²) in [5.74, 6) is -0.778. The number of aryl methyl sites for hydroxylation is 1. The maximum Gasteiger partial charge on any atom is 0.401 e. The minimum atomic E-state index is -4.40. The van der Waals surface area contributed by atoms with Crippen LogP contribution in [-0.4, -0.2) is 35.6 Å². The number of nitrogens with one attached hydrogen (secondary N) is 1. The molecule has 108 valence electrons. The zero-order chi connectivity index (χ0) is 14.5. The molecule has 0 saturated heterocycles. The summed E-state index contributed by atoms with van der Waals surface area (Å²) < 4.78 is 42.6. The molecule has 0 aliphatic heterocycles. The normalized spacial score (nSPS) is 13.3. The van der Waals surface area contributed by atoms with Gasteiger partial charge in [-0.15, -0.1) is 0 Å². The molecule has 1 aromatic heterocycles. The highest BCUT2D eigenvalue weighted by Gasteiger charge is 2.31. The average molecular weight is 279 g/mol. The number of carbonyl (C=O) groups excluding carboxylic acids is 1. The van der Waals surface area contributed by atoms with Gasteiger partial charge in [0.2, 0.25) is 0 Å². The topological polar surface area (TPSA) is 56.2 Å². The van der Waals surface area contributed by atoms with Gasteiger partial charge in [-0.3, -0.25) is 10.00 Å². The van der Waals surface area contributed by atoms with Crippen LogP contribution in [0, 0.1) is 0 Å². The van der Waals surface area contributed by atoms with Crippen molar-refractivity contribution in [3.05, 3.63) is 18.0 Å². The first kappa shape index (κ1) is 15.5. The maximum absolute atomic E-state index is 12.2. The summed E-state index contributed by atoms with van der Waals surface area (Å²) in [6.07, 6.45) is -0.666. The van der Waals surface area contributed by atoms with Crippen LogP contribution in [0.15, 0.2) is 12.4 Å². The van der Waals surface area contributed by atoms with Gasteiger partial charge >= 0.3 is 12.1 Å². The fraction of sp³-hybridized carbons (Fsp3) is 0.636. The standard InChI is InChI=1S/C11H16F3N3O2/c1-3-4-17-6-8(5-16-17)9(10(18)19-2)15-7-11(12,13)14/h5-6,9,15H,3-4,7H2,1-2H3. The number of rotatable bonds is 6. The highest BCUT2D eigenvalue weighted by molar-refractivity contribution is 5.77. The third-order valence-electron chi connectivity index (χ3n) is 2.38. The molecule has 0 bridgehead atoms. The van der Waals surface area contributed by atoms with Crippen molar-refractivity contribution in [2.24, 2.45) is 0 Å². The van der Waals surface area contributed by atoms with Crippen LogP contribution < -0.4 is 5.32 Å². The second-order valence-electron chi connectivity index (χ2n) is 3.99. The molecule has 0 radical (unpaired) electrons. The molecule has 1 N–H and O–H groups in total. The second kappa shape index (κ2) is 6.55. The van der Waals surface area contributed by atoms with Crippen molar-refractivity contribution in [1.82, 2.24) is 15.1 Å². The Hall–Kier alpha value is -1.57. The van der Waals surface area contributed by atoms with E-state index in [2.05, 4.69) is 15.2 Å². The minimum Gasteiger partial charge on any atom is -0.468 e. The van der Waals surface area contributed by atoms with Crippen molar-refractivity contribution in [2.45, 2.75) is 32.1 Å². The minimum absolute atomic E-state index is 0.351. The van der Waals surface area contributed by atoms with E-state index in [0.29, 0.717) is 12.1 Å². The van der Waals surface area contributed by atoms with Crippen LogP contribution in [0.4, 0.5) is 13.2 Å². The molecule has 0 aromatic carbocycles. The lowest BCUT2D eigenvalue weighted by molar-refractivity contribution is -0.146. The molecule has 1 heterocycles. The molecule has 0 aliphatic rings. The first-order chi connectivity index (χ1) is 8.87. The van der Waals surface area contributed by atoms with Crippen molar-refractivity contribution in [3.63, 3.8) is 0 Å². The summed E-state index contributed by atoms with van der Waals surface area (Å²) in [6.45, 7) is 1.31. The molecule has 1 unspecified atom stereocenters. The third kappa shape index (κ3) is 4.90. The fourth-order valence-electron chi connectivity index (χ4n) is 1.55. The highest BCUT2D eigenvalue weighted by atomic mass is 19.4. The van der Waals surface area contributed by atoms with E-state index in [1.54, 1.807) is 4.68 Å². The zero-order valence-electron chi connectivity index (χ0n) is 10.7. The first-order valence-electron chi connectivity index (χ1n) is 5.77. The van der Waals surface area contributed by atoms with Gasteiger partial charge in [0.05, 0.1) is 19.9 Å². The van der Waals surface area contributed by atoms with E-state index in [9.17, 15) is 18.0 Å². The summed E-state index contributed by atoms with van der Waals surface area (Å²) in [6, 6.07) is -1.17. The van der Waals surface area contributed by atoms with Crippen LogP contribution in [-0.2, 0) is 16.1 Å². The Morgan fingerprint density at radius 2 is 2.26 bits per heavy atom. The number of hydrogen-bond acceptors (Lipinski definition) is 4. The number of carbonyl (C=O) groups is 1. The van der Waals surface area contributed by atoms with Crippen LogP contribution in [0.2, 0.25) is 0 Å². The molecule has 0 saturated carbocycles. The first-order valence-corrected chi connectivity index (χ1v) is 5.77. The number of ether oxygens (including phenoxy) is 1. The molecule has 19 heavy (non-hydrogen) atoms. The number of halogens is 3. The monoisotopic (exact) mass is 279 g/mol. The van der Waals surface area contributed by atoms with E-state index in [1.165, 1.54) is 12.4 Å². The number of hydrogen-bond donors (Lipinski definition) is 1. The predicted molar refractivity (Wildman–Crippen MR) is 61.3 cm³/mol. The number of aromatic nitrogens is 2.